The molecule has 2 aromatic heterocycles. The van der Waals surface area contributed by atoms with Crippen molar-refractivity contribution in [2.24, 2.45) is 7.05 Å². The van der Waals surface area contributed by atoms with Gasteiger partial charge in [0.2, 0.25) is 0 Å². The molecule has 0 saturated heterocycles. The Morgan fingerprint density at radius 2 is 1.74 bits per heavy atom. The van der Waals surface area contributed by atoms with E-state index in [1.165, 1.54) is 0 Å². The number of aryl methyl sites for hydroxylation is 1. The molecule has 180 valence electrons. The van der Waals surface area contributed by atoms with Gasteiger partial charge in [-0.05, 0) is 55.7 Å². The largest absolute Gasteiger partial charge is 0.327 e. The topological polar surface area (TPSA) is 68.8 Å². The molecule has 2 aromatic carbocycles. The van der Waals surface area contributed by atoms with Crippen LogP contribution in [0.3, 0.4) is 0 Å². The van der Waals surface area contributed by atoms with Crippen molar-refractivity contribution in [2.75, 3.05) is 0 Å². The third-order valence-corrected chi connectivity index (χ3v) is 7.14. The summed E-state index contributed by atoms with van der Waals surface area (Å²) in [6.45, 7) is 4.23. The normalized spacial score (nSPS) is 17.5. The third-order valence-electron chi connectivity index (χ3n) is 6.70. The van der Waals surface area contributed by atoms with Crippen molar-refractivity contribution in [1.82, 2.24) is 29.4 Å². The summed E-state index contributed by atoms with van der Waals surface area (Å²) in [6, 6.07) is 13.0. The molecule has 0 fully saturated rings. The monoisotopic (exact) mass is 508 g/mol. The average molecular weight is 509 g/mol. The number of carbonyl (C=O) groups excluding carboxylic acids is 1. The van der Waals surface area contributed by atoms with Crippen LogP contribution < -0.4 is 0 Å². The van der Waals surface area contributed by atoms with Gasteiger partial charge in [0.05, 0.1) is 17.4 Å². The number of hydrogen-bond donors (Lipinski definition) is 0. The van der Waals surface area contributed by atoms with Gasteiger partial charge in [0, 0.05) is 45.5 Å². The molecule has 35 heavy (non-hydrogen) atoms. The highest BCUT2D eigenvalue weighted by Gasteiger charge is 2.40. The molecule has 2 atom stereocenters. The number of fused-ring (bicyclic) bond motifs is 1. The molecule has 4 aromatic rings. The van der Waals surface area contributed by atoms with Crippen molar-refractivity contribution in [3.05, 3.63) is 82.0 Å². The predicted octanol–water partition coefficient (Wildman–Crippen LogP) is 5.90. The molecule has 0 radical (unpaired) electrons. The van der Waals surface area contributed by atoms with Crippen LogP contribution in [0.15, 0.2) is 55.1 Å². The summed E-state index contributed by atoms with van der Waals surface area (Å²) in [7, 11) is 1.94. The van der Waals surface area contributed by atoms with Crippen LogP contribution >= 0.6 is 23.2 Å². The molecule has 0 N–H and O–H groups in total. The van der Waals surface area contributed by atoms with Gasteiger partial charge < -0.3 is 4.90 Å². The fraction of sp³-hybridized carbons (Fsp3) is 0.308. The van der Waals surface area contributed by atoms with Gasteiger partial charge in [-0.3, -0.25) is 14.0 Å². The van der Waals surface area contributed by atoms with Crippen molar-refractivity contribution in [3.8, 4) is 16.9 Å². The van der Waals surface area contributed by atoms with E-state index >= 15 is 0 Å². The second kappa shape index (κ2) is 9.47. The van der Waals surface area contributed by atoms with E-state index in [0.717, 1.165) is 41.0 Å². The quantitative estimate of drug-likeness (QED) is 0.336. The summed E-state index contributed by atoms with van der Waals surface area (Å²) in [5.41, 5.74) is 5.51. The molecule has 7 nitrogen and oxygen atoms in total. The molecular formula is C26H26Cl2N6O. The molecule has 9 heteroatoms. The first-order chi connectivity index (χ1) is 16.9. The highest BCUT2D eigenvalue weighted by atomic mass is 35.5. The minimum atomic E-state index is -0.135. The van der Waals surface area contributed by atoms with Crippen molar-refractivity contribution in [1.29, 1.82) is 0 Å². The van der Waals surface area contributed by atoms with Gasteiger partial charge in [-0.15, -0.1) is 10.2 Å². The maximum atomic E-state index is 13.9. The third kappa shape index (κ3) is 4.23. The van der Waals surface area contributed by atoms with Gasteiger partial charge >= 0.3 is 0 Å². The summed E-state index contributed by atoms with van der Waals surface area (Å²) in [5.74, 6) is 0.00211. The summed E-state index contributed by atoms with van der Waals surface area (Å²) < 4.78 is 3.68. The van der Waals surface area contributed by atoms with Crippen LogP contribution in [0.5, 0.6) is 0 Å². The Labute approximate surface area is 214 Å². The summed E-state index contributed by atoms with van der Waals surface area (Å²) in [6.07, 6.45) is 5.55. The van der Waals surface area contributed by atoms with E-state index in [1.807, 2.05) is 53.0 Å². The Morgan fingerprint density at radius 1 is 1.03 bits per heavy atom. The maximum Gasteiger partial charge on any atom is 0.254 e. The van der Waals surface area contributed by atoms with Crippen LogP contribution in [0.25, 0.3) is 16.9 Å². The SMILES string of the molecule is CCC1Cc2c(nn(C)c2-c2cc(Cl)cc(Cl)c2)C(CC)N1C(=O)c1cccc(-n2cnnc2)c1. The first-order valence-corrected chi connectivity index (χ1v) is 12.5. The lowest BCUT2D eigenvalue weighted by Gasteiger charge is -2.41. The van der Waals surface area contributed by atoms with Crippen molar-refractivity contribution in [3.63, 3.8) is 0 Å². The lowest BCUT2D eigenvalue weighted by molar-refractivity contribution is 0.0513. The number of benzene rings is 2. The van der Waals surface area contributed by atoms with Crippen molar-refractivity contribution in [2.45, 2.75) is 45.2 Å². The van der Waals surface area contributed by atoms with Crippen LogP contribution in [0, 0.1) is 0 Å². The number of amides is 1. The zero-order valence-electron chi connectivity index (χ0n) is 19.8. The van der Waals surface area contributed by atoms with Crippen LogP contribution in [0.4, 0.5) is 0 Å². The van der Waals surface area contributed by atoms with Crippen LogP contribution in [0.1, 0.15) is 54.3 Å². The highest BCUT2D eigenvalue weighted by molar-refractivity contribution is 6.35. The van der Waals surface area contributed by atoms with E-state index in [-0.39, 0.29) is 18.0 Å². The first kappa shape index (κ1) is 23.6. The fourth-order valence-corrected chi connectivity index (χ4v) is 5.68. The molecule has 1 amide bonds. The predicted molar refractivity (Wildman–Crippen MR) is 137 cm³/mol. The number of carbonyl (C=O) groups is 1. The van der Waals surface area contributed by atoms with E-state index < -0.39 is 0 Å². The van der Waals surface area contributed by atoms with Crippen molar-refractivity contribution >= 4 is 29.1 Å². The summed E-state index contributed by atoms with van der Waals surface area (Å²) >= 11 is 12.6. The Hall–Kier alpha value is -3.16. The Bertz CT molecular complexity index is 1360. The average Bonchev–Trinajstić information content (AvgIpc) is 3.49. The molecule has 0 bridgehead atoms. The fourth-order valence-electron chi connectivity index (χ4n) is 5.15. The molecular weight excluding hydrogens is 483 g/mol. The lowest BCUT2D eigenvalue weighted by atomic mass is 9.87. The van der Waals surface area contributed by atoms with Crippen molar-refractivity contribution < 1.29 is 4.79 Å². The number of nitrogens with zero attached hydrogens (tertiary/aromatic N) is 6. The molecule has 5 rings (SSSR count). The zero-order valence-corrected chi connectivity index (χ0v) is 21.3. The second-order valence-electron chi connectivity index (χ2n) is 8.82. The zero-order chi connectivity index (χ0) is 24.7. The number of aromatic nitrogens is 5. The number of halogens is 2. The molecule has 0 saturated carbocycles. The Morgan fingerprint density at radius 3 is 2.40 bits per heavy atom. The summed E-state index contributed by atoms with van der Waals surface area (Å²) in [4.78, 5) is 16.0. The Kier molecular flexibility index (Phi) is 6.38. The van der Waals surface area contributed by atoms with Crippen LogP contribution in [-0.2, 0) is 13.5 Å². The van der Waals surface area contributed by atoms with Crippen LogP contribution in [-0.4, -0.2) is 41.4 Å². The first-order valence-electron chi connectivity index (χ1n) is 11.7. The molecule has 3 heterocycles. The van der Waals surface area contributed by atoms with Gasteiger partial charge in [0.15, 0.2) is 0 Å². The molecule has 1 aliphatic rings. The van der Waals surface area contributed by atoms with Gasteiger partial charge in [-0.2, -0.15) is 5.10 Å². The smallest absolute Gasteiger partial charge is 0.254 e. The standard InChI is InChI=1S/C26H26Cl2N6O/c1-4-20-13-22-24(31-32(3)25(22)17-9-18(27)12-19(28)10-17)23(5-2)34(20)26(35)16-7-6-8-21(11-16)33-14-29-30-15-33/h6-12,14-15,20,23H,4-5,13H2,1-3H3. The number of rotatable bonds is 5. The second-order valence-corrected chi connectivity index (χ2v) is 9.69. The lowest BCUT2D eigenvalue weighted by Crippen LogP contribution is -2.47. The van der Waals surface area contributed by atoms with Crippen LogP contribution in [0.2, 0.25) is 10.0 Å². The molecule has 1 aliphatic heterocycles. The van der Waals surface area contributed by atoms with Gasteiger partial charge in [0.1, 0.15) is 12.7 Å². The van der Waals surface area contributed by atoms with E-state index in [1.54, 1.807) is 23.3 Å². The maximum absolute atomic E-state index is 13.9. The van der Waals surface area contributed by atoms with E-state index in [2.05, 4.69) is 24.0 Å². The van der Waals surface area contributed by atoms with Gasteiger partial charge in [0.25, 0.3) is 5.91 Å². The molecule has 0 spiro atoms. The van der Waals surface area contributed by atoms with E-state index in [0.29, 0.717) is 22.0 Å². The van der Waals surface area contributed by atoms with E-state index in [9.17, 15) is 4.79 Å². The Balaban J connectivity index is 1.57. The molecule has 0 aliphatic carbocycles. The van der Waals surface area contributed by atoms with E-state index in [4.69, 9.17) is 28.3 Å². The highest BCUT2D eigenvalue weighted by Crippen LogP contribution is 2.42. The van der Waals surface area contributed by atoms with Gasteiger partial charge in [-0.25, -0.2) is 0 Å². The van der Waals surface area contributed by atoms with Gasteiger partial charge in [-0.1, -0.05) is 43.1 Å². The summed E-state index contributed by atoms with van der Waals surface area (Å²) in [5, 5.41) is 13.8. The minimum absolute atomic E-state index is 0.00211. The minimum Gasteiger partial charge on any atom is -0.327 e. The number of hydrogen-bond acceptors (Lipinski definition) is 4. The molecule has 2 unspecified atom stereocenters.